The number of hydrogen-bond donors (Lipinski definition) is 1. The fraction of sp³-hybridized carbons (Fsp3) is 0.500. The third kappa shape index (κ3) is 4.84. The second-order valence-electron chi connectivity index (χ2n) is 5.61. The average molecular weight is 354 g/mol. The van der Waals surface area contributed by atoms with E-state index in [-0.39, 0.29) is 18.6 Å². The molecule has 0 unspecified atom stereocenters. The van der Waals surface area contributed by atoms with Crippen molar-refractivity contribution in [3.63, 3.8) is 0 Å². The minimum Gasteiger partial charge on any atom is -0.483 e. The van der Waals surface area contributed by atoms with Crippen LogP contribution in [-0.2, 0) is 4.79 Å². The van der Waals surface area contributed by atoms with Crippen molar-refractivity contribution in [1.82, 2.24) is 5.32 Å². The second kappa shape index (κ2) is 7.59. The molecule has 0 saturated heterocycles. The summed E-state index contributed by atoms with van der Waals surface area (Å²) in [6.45, 7) is 2.18. The van der Waals surface area contributed by atoms with Gasteiger partial charge in [-0.2, -0.15) is 0 Å². The van der Waals surface area contributed by atoms with Gasteiger partial charge in [-0.25, -0.2) is 0 Å². The first-order valence-electron chi connectivity index (χ1n) is 7.25. The highest BCUT2D eigenvalue weighted by Gasteiger charge is 2.19. The van der Waals surface area contributed by atoms with Gasteiger partial charge in [0.1, 0.15) is 5.75 Å². The summed E-state index contributed by atoms with van der Waals surface area (Å²) in [6.07, 6.45) is 5.11. The van der Waals surface area contributed by atoms with Gasteiger partial charge in [0, 0.05) is 10.5 Å². The summed E-state index contributed by atoms with van der Waals surface area (Å²) in [6, 6.07) is 5.39. The number of ether oxygens (including phenoxy) is 1. The third-order valence-corrected chi connectivity index (χ3v) is 4.33. The summed E-state index contributed by atoms with van der Waals surface area (Å²) in [5.41, 5.74) is 0.434. The lowest BCUT2D eigenvalue weighted by atomic mass is 9.87. The van der Waals surface area contributed by atoms with Gasteiger partial charge in [0.25, 0.3) is 5.91 Å². The molecule has 0 aliphatic heterocycles. The molecule has 1 aliphatic rings. The van der Waals surface area contributed by atoms with Crippen molar-refractivity contribution in [3.8, 4) is 5.75 Å². The third-order valence-electron chi connectivity index (χ3n) is 3.84. The van der Waals surface area contributed by atoms with Crippen LogP contribution >= 0.6 is 15.9 Å². The minimum atomic E-state index is -0.130. The van der Waals surface area contributed by atoms with Gasteiger partial charge in [-0.15, -0.1) is 0 Å². The Morgan fingerprint density at radius 1 is 1.38 bits per heavy atom. The molecule has 114 valence electrons. The van der Waals surface area contributed by atoms with Crippen molar-refractivity contribution in [2.45, 2.75) is 38.6 Å². The Kier molecular flexibility index (Phi) is 5.79. The molecule has 0 atom stereocenters. The number of hydrogen-bond acceptors (Lipinski definition) is 3. The van der Waals surface area contributed by atoms with Crippen molar-refractivity contribution in [1.29, 1.82) is 0 Å². The zero-order valence-corrected chi connectivity index (χ0v) is 13.7. The van der Waals surface area contributed by atoms with Gasteiger partial charge in [0.2, 0.25) is 0 Å². The number of benzene rings is 1. The molecule has 0 aromatic heterocycles. The van der Waals surface area contributed by atoms with Gasteiger partial charge in [0.15, 0.2) is 12.9 Å². The Morgan fingerprint density at radius 3 is 2.76 bits per heavy atom. The van der Waals surface area contributed by atoms with Crippen LogP contribution in [0.3, 0.4) is 0 Å². The summed E-state index contributed by atoms with van der Waals surface area (Å²) in [4.78, 5) is 22.9. The van der Waals surface area contributed by atoms with Crippen LogP contribution < -0.4 is 10.1 Å². The zero-order chi connectivity index (χ0) is 15.2. The monoisotopic (exact) mass is 353 g/mol. The van der Waals surface area contributed by atoms with E-state index in [4.69, 9.17) is 4.74 Å². The zero-order valence-electron chi connectivity index (χ0n) is 12.1. The van der Waals surface area contributed by atoms with Crippen molar-refractivity contribution in [2.75, 3.05) is 6.61 Å². The number of halogens is 1. The average Bonchev–Trinajstić information content (AvgIpc) is 2.48. The predicted molar refractivity (Wildman–Crippen MR) is 84.6 cm³/mol. The Bertz CT molecular complexity index is 510. The van der Waals surface area contributed by atoms with Gasteiger partial charge in [-0.1, -0.05) is 22.9 Å². The highest BCUT2D eigenvalue weighted by Crippen LogP contribution is 2.24. The summed E-state index contributed by atoms with van der Waals surface area (Å²) in [5, 5.41) is 3.00. The quantitative estimate of drug-likeness (QED) is 0.826. The van der Waals surface area contributed by atoms with Gasteiger partial charge < -0.3 is 10.1 Å². The Hall–Kier alpha value is -1.36. The van der Waals surface area contributed by atoms with E-state index >= 15 is 0 Å². The predicted octanol–water partition coefficient (Wildman–Crippen LogP) is 3.34. The van der Waals surface area contributed by atoms with E-state index in [2.05, 4.69) is 28.2 Å². The maximum atomic E-state index is 11.9. The summed E-state index contributed by atoms with van der Waals surface area (Å²) < 4.78 is 6.25. The van der Waals surface area contributed by atoms with Crippen molar-refractivity contribution < 1.29 is 14.3 Å². The molecule has 2 rings (SSSR count). The topological polar surface area (TPSA) is 55.4 Å². The van der Waals surface area contributed by atoms with Crippen LogP contribution in [0, 0.1) is 5.92 Å². The van der Waals surface area contributed by atoms with E-state index < -0.39 is 0 Å². The Balaban J connectivity index is 1.82. The lowest BCUT2D eigenvalue weighted by molar-refractivity contribution is -0.124. The molecule has 1 aromatic carbocycles. The maximum Gasteiger partial charge on any atom is 0.258 e. The Labute approximate surface area is 133 Å². The minimum absolute atomic E-state index is 0.0610. The molecule has 0 radical (unpaired) electrons. The van der Waals surface area contributed by atoms with Crippen LogP contribution in [0.25, 0.3) is 0 Å². The lowest BCUT2D eigenvalue weighted by Gasteiger charge is -2.26. The van der Waals surface area contributed by atoms with Crippen molar-refractivity contribution in [3.05, 3.63) is 28.2 Å². The molecule has 1 N–H and O–H groups in total. The normalized spacial score (nSPS) is 21.6. The molecule has 1 amide bonds. The van der Waals surface area contributed by atoms with Gasteiger partial charge in [0.05, 0.1) is 5.56 Å². The first-order valence-corrected chi connectivity index (χ1v) is 8.04. The largest absolute Gasteiger partial charge is 0.483 e. The number of carbonyl (C=O) groups is 2. The molecule has 0 spiro atoms. The SMILES string of the molecule is CC1CCC(NC(=O)COc2ccc(Br)cc2C=O)CC1. The highest BCUT2D eigenvalue weighted by atomic mass is 79.9. The van der Waals surface area contributed by atoms with E-state index in [9.17, 15) is 9.59 Å². The molecule has 1 aromatic rings. The van der Waals surface area contributed by atoms with Crippen LogP contribution in [0.5, 0.6) is 5.75 Å². The molecule has 4 nitrogen and oxygen atoms in total. The molecule has 0 heterocycles. The Morgan fingerprint density at radius 2 is 2.10 bits per heavy atom. The number of rotatable bonds is 5. The van der Waals surface area contributed by atoms with Crippen LogP contribution in [0.1, 0.15) is 43.0 Å². The molecule has 1 fully saturated rings. The van der Waals surface area contributed by atoms with Crippen LogP contribution in [0.15, 0.2) is 22.7 Å². The number of carbonyl (C=O) groups excluding carboxylic acids is 2. The van der Waals surface area contributed by atoms with Gasteiger partial charge in [-0.3, -0.25) is 9.59 Å². The fourth-order valence-electron chi connectivity index (χ4n) is 2.56. The smallest absolute Gasteiger partial charge is 0.258 e. The summed E-state index contributed by atoms with van der Waals surface area (Å²) in [7, 11) is 0. The molecule has 1 aliphatic carbocycles. The molecule has 1 saturated carbocycles. The standard InChI is InChI=1S/C16H20BrNO3/c1-11-2-5-14(6-3-11)18-16(20)10-21-15-7-4-13(17)8-12(15)9-19/h4,7-9,11,14H,2-3,5-6,10H2,1H3,(H,18,20). The van der Waals surface area contributed by atoms with Crippen LogP contribution in [0.4, 0.5) is 0 Å². The van der Waals surface area contributed by atoms with E-state index in [1.54, 1.807) is 18.2 Å². The van der Waals surface area contributed by atoms with Crippen LogP contribution in [-0.4, -0.2) is 24.8 Å². The number of nitrogens with one attached hydrogen (secondary N) is 1. The van der Waals surface area contributed by atoms with E-state index in [0.717, 1.165) is 42.4 Å². The molecule has 21 heavy (non-hydrogen) atoms. The number of amides is 1. The first kappa shape index (κ1) is 16.0. The summed E-state index contributed by atoms with van der Waals surface area (Å²) >= 11 is 3.29. The molecular formula is C16H20BrNO3. The van der Waals surface area contributed by atoms with Crippen LogP contribution in [0.2, 0.25) is 0 Å². The number of aldehydes is 1. The van der Waals surface area contributed by atoms with E-state index in [1.807, 2.05) is 0 Å². The van der Waals surface area contributed by atoms with Crippen molar-refractivity contribution in [2.24, 2.45) is 5.92 Å². The fourth-order valence-corrected chi connectivity index (χ4v) is 2.94. The first-order chi connectivity index (χ1) is 10.1. The molecule has 5 heteroatoms. The highest BCUT2D eigenvalue weighted by molar-refractivity contribution is 9.10. The van der Waals surface area contributed by atoms with E-state index in [0.29, 0.717) is 11.3 Å². The molecule has 0 bridgehead atoms. The maximum absolute atomic E-state index is 11.9. The molecular weight excluding hydrogens is 334 g/mol. The van der Waals surface area contributed by atoms with Gasteiger partial charge in [-0.05, 0) is 49.8 Å². The van der Waals surface area contributed by atoms with Gasteiger partial charge >= 0.3 is 0 Å². The van der Waals surface area contributed by atoms with Crippen molar-refractivity contribution >= 4 is 28.1 Å². The second-order valence-corrected chi connectivity index (χ2v) is 6.53. The summed E-state index contributed by atoms with van der Waals surface area (Å²) in [5.74, 6) is 1.06. The lowest BCUT2D eigenvalue weighted by Crippen LogP contribution is -2.39. The van der Waals surface area contributed by atoms with E-state index in [1.165, 1.54) is 0 Å².